The molecule has 1 aromatic heterocycles. The second-order valence-corrected chi connectivity index (χ2v) is 10.4. The number of fused-ring (bicyclic) bond motifs is 3. The van der Waals surface area contributed by atoms with Crippen LogP contribution in [-0.4, -0.2) is 16.1 Å². The molecule has 3 nitrogen and oxygen atoms in total. The standard InChI is InChI=1S/C30H24BrClN2O/c31-21-14-10-20(11-15-21)30(35)29-25(18-6-2-1-3-7-18)26-23-8-4-5-9-24(23)33-28(26)27(34-29)19-12-16-22(32)17-13-19/h1-17,25,27,29-30,33-35H/t25-,27+,29+,30+/m1/s1. The summed E-state index contributed by atoms with van der Waals surface area (Å²) in [6, 6.07) is 34.4. The number of para-hydroxylation sites is 1. The molecule has 6 rings (SSSR count). The molecule has 0 spiro atoms. The van der Waals surface area contributed by atoms with E-state index >= 15 is 0 Å². The van der Waals surface area contributed by atoms with Gasteiger partial charge in [0.05, 0.1) is 12.1 Å². The molecular weight excluding hydrogens is 520 g/mol. The molecule has 0 radical (unpaired) electrons. The zero-order valence-electron chi connectivity index (χ0n) is 18.8. The molecule has 0 saturated heterocycles. The maximum Gasteiger partial charge on any atom is 0.0952 e. The van der Waals surface area contributed by atoms with E-state index in [1.165, 1.54) is 16.5 Å². The van der Waals surface area contributed by atoms with E-state index in [4.69, 9.17) is 11.6 Å². The fourth-order valence-corrected chi connectivity index (χ4v) is 5.78. The number of rotatable bonds is 4. The smallest absolute Gasteiger partial charge is 0.0952 e. The highest BCUT2D eigenvalue weighted by molar-refractivity contribution is 9.10. The Morgan fingerprint density at radius 2 is 1.46 bits per heavy atom. The molecule has 0 saturated carbocycles. The van der Waals surface area contributed by atoms with Gasteiger partial charge in [0.2, 0.25) is 0 Å². The molecule has 5 heteroatoms. The summed E-state index contributed by atoms with van der Waals surface area (Å²) in [5.74, 6) is -0.0513. The molecule has 5 aromatic rings. The van der Waals surface area contributed by atoms with Crippen LogP contribution in [0, 0.1) is 0 Å². The van der Waals surface area contributed by atoms with Gasteiger partial charge in [-0.25, -0.2) is 0 Å². The van der Waals surface area contributed by atoms with Crippen LogP contribution in [0.5, 0.6) is 0 Å². The van der Waals surface area contributed by atoms with Crippen molar-refractivity contribution in [3.63, 3.8) is 0 Å². The van der Waals surface area contributed by atoms with Crippen molar-refractivity contribution in [3.8, 4) is 0 Å². The molecule has 174 valence electrons. The zero-order valence-corrected chi connectivity index (χ0v) is 21.2. The van der Waals surface area contributed by atoms with Gasteiger partial charge in [0.25, 0.3) is 0 Å². The third-order valence-electron chi connectivity index (χ3n) is 7.01. The van der Waals surface area contributed by atoms with E-state index in [9.17, 15) is 5.11 Å². The summed E-state index contributed by atoms with van der Waals surface area (Å²) in [6.45, 7) is 0. The van der Waals surface area contributed by atoms with Crippen molar-refractivity contribution >= 4 is 38.4 Å². The summed E-state index contributed by atoms with van der Waals surface area (Å²) >= 11 is 9.73. The van der Waals surface area contributed by atoms with Crippen LogP contribution in [-0.2, 0) is 0 Å². The van der Waals surface area contributed by atoms with E-state index < -0.39 is 6.10 Å². The Morgan fingerprint density at radius 1 is 0.771 bits per heavy atom. The van der Waals surface area contributed by atoms with Crippen molar-refractivity contribution in [3.05, 3.63) is 141 Å². The topological polar surface area (TPSA) is 48.0 Å². The number of hydrogen-bond donors (Lipinski definition) is 3. The lowest BCUT2D eigenvalue weighted by molar-refractivity contribution is 0.110. The second kappa shape index (κ2) is 9.29. The van der Waals surface area contributed by atoms with Crippen LogP contribution >= 0.6 is 27.5 Å². The molecule has 0 amide bonds. The molecule has 2 heterocycles. The fraction of sp³-hybridized carbons (Fsp3) is 0.133. The summed E-state index contributed by atoms with van der Waals surface area (Å²) in [5.41, 5.74) is 6.60. The van der Waals surface area contributed by atoms with Gasteiger partial charge in [-0.15, -0.1) is 0 Å². The number of halogens is 2. The van der Waals surface area contributed by atoms with Gasteiger partial charge in [-0.05, 0) is 52.6 Å². The minimum absolute atomic E-state index is 0.0513. The van der Waals surface area contributed by atoms with Gasteiger partial charge in [-0.1, -0.05) is 100 Å². The minimum Gasteiger partial charge on any atom is -0.387 e. The quantitative estimate of drug-likeness (QED) is 0.220. The number of nitrogens with one attached hydrogen (secondary N) is 2. The van der Waals surface area contributed by atoms with Crippen LogP contribution in [0.4, 0.5) is 0 Å². The third-order valence-corrected chi connectivity index (χ3v) is 7.79. The molecule has 0 bridgehead atoms. The first-order valence-corrected chi connectivity index (χ1v) is 12.9. The van der Waals surface area contributed by atoms with E-state index in [1.807, 2.05) is 42.5 Å². The highest BCUT2D eigenvalue weighted by atomic mass is 79.9. The minimum atomic E-state index is -0.718. The van der Waals surface area contributed by atoms with E-state index in [0.29, 0.717) is 5.02 Å². The summed E-state index contributed by atoms with van der Waals surface area (Å²) in [4.78, 5) is 3.70. The van der Waals surface area contributed by atoms with Gasteiger partial charge in [-0.2, -0.15) is 0 Å². The number of aliphatic hydroxyl groups is 1. The molecular formula is C30H24BrClN2O. The SMILES string of the molecule is O[C@@H](c1ccc(Br)cc1)[C@H]1N[C@@H](c2ccc(Cl)cc2)c2[nH]c3ccccc3c2[C@H]1c1ccccc1. The summed E-state index contributed by atoms with van der Waals surface area (Å²) in [6.07, 6.45) is -0.718. The van der Waals surface area contributed by atoms with E-state index in [2.05, 4.69) is 86.9 Å². The Kier molecular flexibility index (Phi) is 5.99. The normalized spacial score (nSPS) is 20.5. The van der Waals surface area contributed by atoms with Crippen molar-refractivity contribution < 1.29 is 5.11 Å². The van der Waals surface area contributed by atoms with Crippen LogP contribution in [0.2, 0.25) is 5.02 Å². The molecule has 0 aliphatic carbocycles. The summed E-state index contributed by atoms with van der Waals surface area (Å²) < 4.78 is 0.989. The van der Waals surface area contributed by atoms with Crippen molar-refractivity contribution in [1.82, 2.24) is 10.3 Å². The van der Waals surface area contributed by atoms with Gasteiger partial charge in [0, 0.05) is 38.1 Å². The van der Waals surface area contributed by atoms with Crippen molar-refractivity contribution in [2.45, 2.75) is 24.1 Å². The molecule has 0 unspecified atom stereocenters. The first-order valence-electron chi connectivity index (χ1n) is 11.7. The van der Waals surface area contributed by atoms with Crippen LogP contribution in [0.15, 0.2) is 108 Å². The van der Waals surface area contributed by atoms with E-state index in [0.717, 1.165) is 26.8 Å². The predicted molar refractivity (Wildman–Crippen MR) is 146 cm³/mol. The molecule has 35 heavy (non-hydrogen) atoms. The average Bonchev–Trinajstić information content (AvgIpc) is 3.28. The molecule has 3 N–H and O–H groups in total. The van der Waals surface area contributed by atoms with Crippen molar-refractivity contribution in [2.24, 2.45) is 0 Å². The third kappa shape index (κ3) is 4.11. The van der Waals surface area contributed by atoms with Gasteiger partial charge in [-0.3, -0.25) is 5.32 Å². The Hall–Kier alpha value is -2.89. The Morgan fingerprint density at radius 3 is 2.20 bits per heavy atom. The van der Waals surface area contributed by atoms with Crippen LogP contribution in [0.25, 0.3) is 10.9 Å². The number of hydrogen-bond acceptors (Lipinski definition) is 2. The predicted octanol–water partition coefficient (Wildman–Crippen LogP) is 7.51. The fourth-order valence-electron chi connectivity index (χ4n) is 5.39. The lowest BCUT2D eigenvalue weighted by Crippen LogP contribution is -2.47. The molecule has 0 fully saturated rings. The molecule has 1 aliphatic rings. The first-order chi connectivity index (χ1) is 17.1. The van der Waals surface area contributed by atoms with Crippen LogP contribution < -0.4 is 5.32 Å². The number of aliphatic hydroxyl groups excluding tert-OH is 1. The Bertz CT molecular complexity index is 1460. The highest BCUT2D eigenvalue weighted by Crippen LogP contribution is 2.47. The Balaban J connectivity index is 1.58. The number of benzene rings is 4. The van der Waals surface area contributed by atoms with Crippen LogP contribution in [0.3, 0.4) is 0 Å². The largest absolute Gasteiger partial charge is 0.387 e. The highest BCUT2D eigenvalue weighted by Gasteiger charge is 2.42. The van der Waals surface area contributed by atoms with Crippen molar-refractivity contribution in [1.29, 1.82) is 0 Å². The number of aromatic amines is 1. The van der Waals surface area contributed by atoms with Crippen LogP contribution in [0.1, 0.15) is 46.0 Å². The van der Waals surface area contributed by atoms with Gasteiger partial charge in [0.15, 0.2) is 0 Å². The van der Waals surface area contributed by atoms with E-state index in [1.54, 1.807) is 0 Å². The molecule has 4 atom stereocenters. The van der Waals surface area contributed by atoms with Crippen molar-refractivity contribution in [2.75, 3.05) is 0 Å². The summed E-state index contributed by atoms with van der Waals surface area (Å²) in [5, 5.41) is 17.5. The number of aromatic nitrogens is 1. The van der Waals surface area contributed by atoms with E-state index in [-0.39, 0.29) is 18.0 Å². The first kappa shape index (κ1) is 22.6. The lowest BCUT2D eigenvalue weighted by Gasteiger charge is -2.41. The average molecular weight is 544 g/mol. The molecule has 4 aromatic carbocycles. The van der Waals surface area contributed by atoms with Gasteiger partial charge >= 0.3 is 0 Å². The second-order valence-electron chi connectivity index (χ2n) is 9.06. The van der Waals surface area contributed by atoms with Gasteiger partial charge < -0.3 is 10.1 Å². The maximum atomic E-state index is 11.8. The lowest BCUT2D eigenvalue weighted by atomic mass is 9.75. The summed E-state index contributed by atoms with van der Waals surface area (Å²) in [7, 11) is 0. The Labute approximate surface area is 217 Å². The molecule has 1 aliphatic heterocycles. The number of H-pyrrole nitrogens is 1. The maximum absolute atomic E-state index is 11.8. The monoisotopic (exact) mass is 542 g/mol. The van der Waals surface area contributed by atoms with Gasteiger partial charge in [0.1, 0.15) is 0 Å². The zero-order chi connectivity index (χ0) is 23.9.